The normalized spacial score (nSPS) is 10.2. The van der Waals surface area contributed by atoms with Crippen molar-refractivity contribution >= 4 is 5.69 Å². The van der Waals surface area contributed by atoms with Crippen LogP contribution in [0.2, 0.25) is 0 Å². The van der Waals surface area contributed by atoms with Crippen LogP contribution >= 0.6 is 0 Å². The Hall–Kier alpha value is -2.37. The Kier molecular flexibility index (Phi) is 2.78. The quantitative estimate of drug-likeness (QED) is 0.471. The van der Waals surface area contributed by atoms with E-state index in [1.54, 1.807) is 0 Å². The zero-order valence-corrected chi connectivity index (χ0v) is 8.73. The van der Waals surface area contributed by atoms with Crippen molar-refractivity contribution in [2.75, 3.05) is 11.6 Å². The number of nitrogens with two attached hydrogens (primary N) is 2. The minimum atomic E-state index is -0.730. The van der Waals surface area contributed by atoms with Crippen LogP contribution in [0.4, 0.5) is 14.5 Å². The van der Waals surface area contributed by atoms with Crippen molar-refractivity contribution in [1.82, 2.24) is 0 Å². The zero-order valence-electron chi connectivity index (χ0n) is 8.73. The van der Waals surface area contributed by atoms with Crippen molar-refractivity contribution < 1.29 is 18.2 Å². The van der Waals surface area contributed by atoms with E-state index < -0.39 is 11.6 Å². The van der Waals surface area contributed by atoms with Crippen molar-refractivity contribution in [3.63, 3.8) is 0 Å². The predicted octanol–water partition coefficient (Wildman–Crippen LogP) is 1.34. The lowest BCUT2D eigenvalue weighted by atomic mass is 10.3. The van der Waals surface area contributed by atoms with E-state index in [9.17, 15) is 8.78 Å². The highest BCUT2D eigenvalue weighted by Crippen LogP contribution is 2.27. The van der Waals surface area contributed by atoms with E-state index in [1.165, 1.54) is 29.2 Å². The molecule has 0 amide bonds. The van der Waals surface area contributed by atoms with Gasteiger partial charge < -0.3 is 10.5 Å². The largest absolute Gasteiger partial charge is 0.454 e. The number of ether oxygens (including phenoxy) is 1. The third-order valence-corrected chi connectivity index (χ3v) is 2.10. The molecule has 0 saturated heterocycles. The first-order valence-corrected chi connectivity index (χ1v) is 4.75. The second-order valence-electron chi connectivity index (χ2n) is 3.39. The number of nitrogens with zero attached hydrogens (tertiary/aromatic N) is 1. The molecule has 0 atom stereocenters. The lowest BCUT2D eigenvalue weighted by Crippen LogP contribution is -2.43. The average molecular weight is 238 g/mol. The van der Waals surface area contributed by atoms with Gasteiger partial charge in [-0.1, -0.05) is 4.68 Å². The third kappa shape index (κ3) is 2.41. The molecule has 0 saturated carbocycles. The number of rotatable bonds is 2. The number of pyridine rings is 1. The van der Waals surface area contributed by atoms with Gasteiger partial charge in [-0.2, -0.15) is 0 Å². The van der Waals surface area contributed by atoms with Gasteiger partial charge >= 0.3 is 0 Å². The highest BCUT2D eigenvalue weighted by atomic mass is 19.1. The van der Waals surface area contributed by atoms with Crippen molar-refractivity contribution in [2.24, 2.45) is 0 Å². The molecule has 0 bridgehead atoms. The van der Waals surface area contributed by atoms with E-state index in [1.807, 2.05) is 0 Å². The molecule has 0 spiro atoms. The van der Waals surface area contributed by atoms with Crippen LogP contribution in [0.25, 0.3) is 0 Å². The first kappa shape index (κ1) is 11.1. The molecule has 0 aliphatic heterocycles. The molecule has 0 aliphatic rings. The third-order valence-electron chi connectivity index (χ3n) is 2.10. The molecule has 4 N–H and O–H groups in total. The van der Waals surface area contributed by atoms with E-state index in [0.29, 0.717) is 5.75 Å². The fraction of sp³-hybridized carbons (Fsp3) is 0. The summed E-state index contributed by atoms with van der Waals surface area (Å²) in [4.78, 5) is 0. The smallest absolute Gasteiger partial charge is 0.202 e. The van der Waals surface area contributed by atoms with Gasteiger partial charge in [-0.3, -0.25) is 0 Å². The van der Waals surface area contributed by atoms with Crippen LogP contribution in [-0.2, 0) is 0 Å². The molecule has 1 aromatic heterocycles. The fourth-order valence-electron chi connectivity index (χ4n) is 1.24. The van der Waals surface area contributed by atoms with E-state index in [0.717, 1.165) is 12.1 Å². The van der Waals surface area contributed by atoms with Crippen molar-refractivity contribution in [3.05, 3.63) is 48.3 Å². The molecule has 0 unspecified atom stereocenters. The summed E-state index contributed by atoms with van der Waals surface area (Å²) >= 11 is 0. The monoisotopic (exact) mass is 238 g/mol. The van der Waals surface area contributed by atoms with Crippen molar-refractivity contribution in [2.45, 2.75) is 0 Å². The molecule has 0 aliphatic carbocycles. The standard InChI is InChI=1S/C11H10F2N3O/c12-8-6-11(9(13)5-10(8)14)17-7-1-3-16(15)4-2-7/h1-6H,14-15H2/q+1. The molecule has 2 aromatic rings. The van der Waals surface area contributed by atoms with Gasteiger partial charge in [0.05, 0.1) is 5.69 Å². The topological polar surface area (TPSA) is 65.2 Å². The molecular formula is C11H10F2N3O+. The first-order valence-electron chi connectivity index (χ1n) is 4.75. The van der Waals surface area contributed by atoms with E-state index in [-0.39, 0.29) is 11.4 Å². The first-order chi connectivity index (χ1) is 8.06. The average Bonchev–Trinajstić information content (AvgIpc) is 2.29. The van der Waals surface area contributed by atoms with Crippen LogP contribution in [0, 0.1) is 11.6 Å². The number of halogens is 2. The maximum Gasteiger partial charge on any atom is 0.202 e. The summed E-state index contributed by atoms with van der Waals surface area (Å²) in [5.74, 6) is 4.06. The van der Waals surface area contributed by atoms with Gasteiger partial charge in [0.1, 0.15) is 11.6 Å². The number of hydrogen-bond acceptors (Lipinski definition) is 3. The summed E-state index contributed by atoms with van der Waals surface area (Å²) in [6.07, 6.45) is 3.03. The lowest BCUT2D eigenvalue weighted by molar-refractivity contribution is -0.638. The van der Waals surface area contributed by atoms with Crippen LogP contribution in [0.5, 0.6) is 11.5 Å². The van der Waals surface area contributed by atoms with E-state index >= 15 is 0 Å². The van der Waals surface area contributed by atoms with Crippen LogP contribution < -0.4 is 21.0 Å². The highest BCUT2D eigenvalue weighted by molar-refractivity contribution is 5.45. The second kappa shape index (κ2) is 4.25. The molecule has 6 heteroatoms. The minimum Gasteiger partial charge on any atom is -0.454 e. The van der Waals surface area contributed by atoms with Gasteiger partial charge in [-0.25, -0.2) is 14.6 Å². The Morgan fingerprint density at radius 2 is 1.71 bits per heavy atom. The summed E-state index contributed by atoms with van der Waals surface area (Å²) in [5.41, 5.74) is 4.95. The Balaban J connectivity index is 2.30. The molecule has 0 fully saturated rings. The second-order valence-corrected chi connectivity index (χ2v) is 3.39. The van der Waals surface area contributed by atoms with Gasteiger partial charge in [0, 0.05) is 24.3 Å². The molecule has 2 rings (SSSR count). The molecular weight excluding hydrogens is 228 g/mol. The molecule has 1 aromatic carbocycles. The molecule has 88 valence electrons. The van der Waals surface area contributed by atoms with Crippen LogP contribution in [0.1, 0.15) is 0 Å². The van der Waals surface area contributed by atoms with Crippen molar-refractivity contribution in [1.29, 1.82) is 0 Å². The Bertz CT molecular complexity index is 543. The fourth-order valence-corrected chi connectivity index (χ4v) is 1.24. The number of anilines is 1. The molecule has 1 heterocycles. The van der Waals surface area contributed by atoms with Crippen LogP contribution in [-0.4, -0.2) is 0 Å². The minimum absolute atomic E-state index is 0.230. The zero-order chi connectivity index (χ0) is 12.4. The van der Waals surface area contributed by atoms with Gasteiger partial charge in [-0.05, 0) is 0 Å². The number of hydrogen-bond donors (Lipinski definition) is 2. The number of aromatic nitrogens is 1. The van der Waals surface area contributed by atoms with Crippen molar-refractivity contribution in [3.8, 4) is 11.5 Å². The summed E-state index contributed by atoms with van der Waals surface area (Å²) in [5, 5.41) is 0. The van der Waals surface area contributed by atoms with E-state index in [2.05, 4.69) is 0 Å². The summed E-state index contributed by atoms with van der Waals surface area (Å²) in [6, 6.07) is 4.81. The molecule has 17 heavy (non-hydrogen) atoms. The maximum absolute atomic E-state index is 13.4. The van der Waals surface area contributed by atoms with Crippen LogP contribution in [0.15, 0.2) is 36.7 Å². The molecule has 0 radical (unpaired) electrons. The predicted molar refractivity (Wildman–Crippen MR) is 57.6 cm³/mol. The lowest BCUT2D eigenvalue weighted by Gasteiger charge is -2.06. The summed E-state index contributed by atoms with van der Waals surface area (Å²) in [7, 11) is 0. The Morgan fingerprint density at radius 1 is 1.06 bits per heavy atom. The Labute approximate surface area is 96.0 Å². The van der Waals surface area contributed by atoms with E-state index in [4.69, 9.17) is 16.3 Å². The summed E-state index contributed by atoms with van der Waals surface area (Å²) in [6.45, 7) is 0. The maximum atomic E-state index is 13.4. The van der Waals surface area contributed by atoms with Gasteiger partial charge in [0.2, 0.25) is 12.4 Å². The summed E-state index contributed by atoms with van der Waals surface area (Å²) < 4.78 is 33.0. The van der Waals surface area contributed by atoms with Crippen LogP contribution in [0.3, 0.4) is 0 Å². The van der Waals surface area contributed by atoms with Gasteiger partial charge in [0.15, 0.2) is 11.6 Å². The Morgan fingerprint density at radius 3 is 2.35 bits per heavy atom. The number of benzene rings is 1. The van der Waals surface area contributed by atoms with Gasteiger partial charge in [0.25, 0.3) is 0 Å². The van der Waals surface area contributed by atoms with Gasteiger partial charge in [-0.15, -0.1) is 0 Å². The highest BCUT2D eigenvalue weighted by Gasteiger charge is 2.10. The molecule has 4 nitrogen and oxygen atoms in total. The SMILES string of the molecule is Nc1cc(F)c(Oc2cc[n+](N)cc2)cc1F. The number of nitrogen functional groups attached to an aromatic ring is 2.